The van der Waals surface area contributed by atoms with E-state index in [1.54, 1.807) is 0 Å². The van der Waals surface area contributed by atoms with Crippen molar-refractivity contribution in [3.63, 3.8) is 0 Å². The van der Waals surface area contributed by atoms with E-state index < -0.39 is 241 Å². The monoisotopic (exact) mass is 1110 g/mol. The summed E-state index contributed by atoms with van der Waals surface area (Å²) in [6.45, 7) is -2.79. The minimum absolute atomic E-state index is 0.709. The van der Waals surface area contributed by atoms with E-state index in [1.165, 1.54) is 0 Å². The molecule has 6 saturated heterocycles. The molecule has 76 heavy (non-hydrogen) atoms. The predicted octanol–water partition coefficient (Wildman–Crippen LogP) is -13.7. The van der Waals surface area contributed by atoms with Crippen molar-refractivity contribution in [2.24, 2.45) is 0 Å². The standard InChI is InChI=1S/C42H71N3O31/c1-10(52)43-19-25(58)32(16(7-49)66-37(19)65)72-38-20(44-11(2)53)26(59)34(18(9-51)70-38)74-41-31(64)35(24(57)15(6-48)68-41)75-42-36(29(62)23(56)14(5-47)69-42)76-39-21(45-12(3)54)27(60)33(17(8-50)71-39)73-40-30(63)28(61)22(55)13(4-46)67-40/h13-42,46-51,55-65H,4-9H2,1-3H3,(H,43,52)(H,44,53)(H,45,54)/t13?,14?,15?,16?,17?,18?,19?,20?,21?,22-,23+,24+,25+,26+,27+,28-,29?,30?,31?,32+,33+,34+,35-,36?,37+,38-,39-,40-,41-,42+/m0/s1. The highest BCUT2D eigenvalue weighted by Crippen LogP contribution is 2.37. The van der Waals surface area contributed by atoms with Crippen LogP contribution in [0.2, 0.25) is 0 Å². The second-order valence-electron chi connectivity index (χ2n) is 19.0. The largest absolute Gasteiger partial charge is 0.394 e. The molecule has 0 radical (unpaired) electrons. The van der Waals surface area contributed by atoms with Gasteiger partial charge in [0.05, 0.1) is 39.6 Å². The van der Waals surface area contributed by atoms with Gasteiger partial charge in [0.2, 0.25) is 17.7 Å². The SMILES string of the molecule is CC(=O)NC1[C@H](OC2C(O)[C@H](O)C(CO)O[C@@H]2O[C@@H]2C(O)[C@H](O[C@@H]3C(CO)O[C@@H](O[C@@H]4C(CO)O[C@@H](O)C(NC(C)=O)[C@H]4O)C(NC(C)=O)[C@H]3O)OC(CO)[C@H]2O)OC(CO)[C@@H](O[C@@H]2OC(CO)[C@H](O)[C@H](O)C2O)[C@@H]1O. The lowest BCUT2D eigenvalue weighted by atomic mass is 9.93. The van der Waals surface area contributed by atoms with Gasteiger partial charge in [-0.15, -0.1) is 0 Å². The molecule has 34 nitrogen and oxygen atoms in total. The minimum atomic E-state index is -2.27. The van der Waals surface area contributed by atoms with Crippen molar-refractivity contribution < 1.29 is 153 Å². The van der Waals surface area contributed by atoms with E-state index in [1.807, 2.05) is 0 Å². The Hall–Kier alpha value is -2.71. The van der Waals surface area contributed by atoms with E-state index >= 15 is 0 Å². The number of carbonyl (C=O) groups excluding carboxylic acids is 3. The lowest BCUT2D eigenvalue weighted by Crippen LogP contribution is -2.70. The van der Waals surface area contributed by atoms with Crippen LogP contribution in [0.3, 0.4) is 0 Å². The number of aliphatic hydroxyl groups is 17. The van der Waals surface area contributed by atoms with Crippen LogP contribution in [0, 0.1) is 0 Å². The van der Waals surface area contributed by atoms with Crippen molar-refractivity contribution in [2.75, 3.05) is 39.6 Å². The van der Waals surface area contributed by atoms with Gasteiger partial charge in [-0.2, -0.15) is 0 Å². The van der Waals surface area contributed by atoms with Crippen LogP contribution < -0.4 is 16.0 Å². The van der Waals surface area contributed by atoms with Gasteiger partial charge in [-0.3, -0.25) is 14.4 Å². The molecule has 20 N–H and O–H groups in total. The van der Waals surface area contributed by atoms with E-state index in [-0.39, 0.29) is 0 Å². The third-order valence-electron chi connectivity index (χ3n) is 13.6. The second-order valence-corrected chi connectivity index (χ2v) is 19.0. The number of ether oxygens (including phenoxy) is 11. The fourth-order valence-electron chi connectivity index (χ4n) is 9.71. The van der Waals surface area contributed by atoms with Crippen LogP contribution in [0.15, 0.2) is 0 Å². The van der Waals surface area contributed by atoms with Crippen molar-refractivity contribution in [3.8, 4) is 0 Å². The van der Waals surface area contributed by atoms with E-state index in [4.69, 9.17) is 52.1 Å². The molecule has 0 spiro atoms. The van der Waals surface area contributed by atoms with Crippen molar-refractivity contribution in [2.45, 2.75) is 205 Å². The normalized spacial score (nSPS) is 48.2. The minimum Gasteiger partial charge on any atom is -0.394 e. The Bertz CT molecular complexity index is 1870. The summed E-state index contributed by atoms with van der Waals surface area (Å²) in [5.74, 6) is -2.38. The zero-order valence-electron chi connectivity index (χ0n) is 40.9. The van der Waals surface area contributed by atoms with Gasteiger partial charge >= 0.3 is 0 Å². The molecule has 6 aliphatic heterocycles. The molecule has 0 bridgehead atoms. The van der Waals surface area contributed by atoms with Crippen LogP contribution >= 0.6 is 0 Å². The highest BCUT2D eigenvalue weighted by atomic mass is 16.8. The van der Waals surface area contributed by atoms with Crippen LogP contribution in [-0.4, -0.2) is 328 Å². The zero-order valence-corrected chi connectivity index (χ0v) is 40.9. The molecule has 34 heteroatoms. The van der Waals surface area contributed by atoms with Gasteiger partial charge in [-0.05, 0) is 0 Å². The van der Waals surface area contributed by atoms with E-state index in [9.17, 15) is 101 Å². The summed E-state index contributed by atoms with van der Waals surface area (Å²) in [5, 5.41) is 190. The molecule has 0 aromatic rings. The van der Waals surface area contributed by atoms with Crippen LogP contribution in [0.25, 0.3) is 0 Å². The molecular formula is C42H71N3O31. The fraction of sp³-hybridized carbons (Fsp3) is 0.929. The van der Waals surface area contributed by atoms with Crippen LogP contribution in [0.4, 0.5) is 0 Å². The number of hydrogen-bond acceptors (Lipinski definition) is 31. The maximum atomic E-state index is 12.5. The van der Waals surface area contributed by atoms with Gasteiger partial charge < -0.3 is 155 Å². The molecule has 6 heterocycles. The number of carbonyl (C=O) groups is 3. The van der Waals surface area contributed by atoms with E-state index in [2.05, 4.69) is 16.0 Å². The van der Waals surface area contributed by atoms with E-state index in [0.29, 0.717) is 0 Å². The van der Waals surface area contributed by atoms with Crippen molar-refractivity contribution in [1.29, 1.82) is 0 Å². The highest BCUT2D eigenvalue weighted by molar-refractivity contribution is 5.74. The molecule has 6 fully saturated rings. The lowest BCUT2D eigenvalue weighted by molar-refractivity contribution is -0.395. The zero-order chi connectivity index (χ0) is 56.2. The molecule has 6 rings (SSSR count). The number of hydrogen-bond donors (Lipinski definition) is 20. The van der Waals surface area contributed by atoms with E-state index in [0.717, 1.165) is 20.8 Å². The number of rotatable bonds is 19. The van der Waals surface area contributed by atoms with Crippen LogP contribution in [-0.2, 0) is 66.5 Å². The van der Waals surface area contributed by atoms with Crippen LogP contribution in [0.5, 0.6) is 0 Å². The summed E-state index contributed by atoms with van der Waals surface area (Å²) in [6.07, 6.45) is -51.5. The molecular weight excluding hydrogens is 1040 g/mol. The van der Waals surface area contributed by atoms with Gasteiger partial charge in [0.15, 0.2) is 37.7 Å². The summed E-state index contributed by atoms with van der Waals surface area (Å²) in [5.41, 5.74) is 0. The Balaban J connectivity index is 1.24. The maximum absolute atomic E-state index is 12.5. The first-order valence-corrected chi connectivity index (χ1v) is 24.1. The van der Waals surface area contributed by atoms with Crippen LogP contribution in [0.1, 0.15) is 20.8 Å². The lowest BCUT2D eigenvalue weighted by Gasteiger charge is -2.51. The molecule has 440 valence electrons. The Morgan fingerprint density at radius 3 is 1.07 bits per heavy atom. The molecule has 0 aliphatic carbocycles. The van der Waals surface area contributed by atoms with Crippen molar-refractivity contribution >= 4 is 17.7 Å². The van der Waals surface area contributed by atoms with Gasteiger partial charge in [0.1, 0.15) is 146 Å². The topological polar surface area (TPSA) is 533 Å². The van der Waals surface area contributed by atoms with Crippen molar-refractivity contribution in [3.05, 3.63) is 0 Å². The molecule has 3 amide bonds. The Morgan fingerprint density at radius 2 is 0.632 bits per heavy atom. The Labute approximate surface area is 431 Å². The summed E-state index contributed by atoms with van der Waals surface area (Å²) in [4.78, 5) is 36.9. The van der Waals surface area contributed by atoms with Gasteiger partial charge in [-0.1, -0.05) is 0 Å². The first-order chi connectivity index (χ1) is 35.9. The van der Waals surface area contributed by atoms with Crippen molar-refractivity contribution in [1.82, 2.24) is 16.0 Å². The first-order valence-electron chi connectivity index (χ1n) is 24.1. The summed E-state index contributed by atoms with van der Waals surface area (Å²) >= 11 is 0. The third-order valence-corrected chi connectivity index (χ3v) is 13.6. The molecule has 6 aliphatic rings. The average molecular weight is 1110 g/mol. The number of nitrogens with one attached hydrogen (secondary N) is 3. The molecule has 0 saturated carbocycles. The highest BCUT2D eigenvalue weighted by Gasteiger charge is 2.58. The smallest absolute Gasteiger partial charge is 0.217 e. The quantitative estimate of drug-likeness (QED) is 0.0571. The predicted molar refractivity (Wildman–Crippen MR) is 234 cm³/mol. The molecule has 0 aromatic heterocycles. The Kier molecular flexibility index (Phi) is 22.3. The summed E-state index contributed by atoms with van der Waals surface area (Å²) in [6, 6.07) is -5.03. The first kappa shape index (κ1) is 62.5. The molecule has 13 unspecified atom stereocenters. The van der Waals surface area contributed by atoms with Gasteiger partial charge in [0.25, 0.3) is 0 Å². The fourth-order valence-corrected chi connectivity index (χ4v) is 9.71. The summed E-state index contributed by atoms with van der Waals surface area (Å²) in [7, 11) is 0. The Morgan fingerprint density at radius 1 is 0.316 bits per heavy atom. The molecule has 0 aromatic carbocycles. The van der Waals surface area contributed by atoms with Gasteiger partial charge in [-0.25, -0.2) is 0 Å². The average Bonchev–Trinajstić information content (AvgIpc) is 3.38. The molecule has 30 atom stereocenters. The maximum Gasteiger partial charge on any atom is 0.217 e. The number of aliphatic hydroxyl groups excluding tert-OH is 17. The summed E-state index contributed by atoms with van der Waals surface area (Å²) < 4.78 is 63.5. The second kappa shape index (κ2) is 27.2. The number of amides is 3. The third kappa shape index (κ3) is 13.5. The van der Waals surface area contributed by atoms with Gasteiger partial charge in [0, 0.05) is 20.8 Å².